The summed E-state index contributed by atoms with van der Waals surface area (Å²) in [6.07, 6.45) is 0. The van der Waals surface area contributed by atoms with Crippen LogP contribution in [0.15, 0.2) is 54.6 Å². The van der Waals surface area contributed by atoms with E-state index in [0.717, 1.165) is 13.1 Å². The van der Waals surface area contributed by atoms with Crippen molar-refractivity contribution in [1.82, 2.24) is 10.2 Å². The topological polar surface area (TPSA) is 87.7 Å². The summed E-state index contributed by atoms with van der Waals surface area (Å²) in [5.41, 5.74) is 1.44. The van der Waals surface area contributed by atoms with Crippen LogP contribution in [0.1, 0.15) is 34.6 Å². The van der Waals surface area contributed by atoms with Gasteiger partial charge in [0.25, 0.3) is 5.91 Å². The Balaban J connectivity index is 0.00000450. The first kappa shape index (κ1) is 25.1. The van der Waals surface area contributed by atoms with E-state index in [2.05, 4.69) is 29.4 Å². The van der Waals surface area contributed by atoms with Gasteiger partial charge in [-0.15, -0.1) is 0 Å². The maximum Gasteiger partial charge on any atom is 0.338 e. The number of amides is 2. The SMILES string of the molecule is CCN(CC)CCOC(=O)c1ccc(NC(=O)CNC(=O)c2ccccc2)cc1.[Cl-]. The Morgan fingerprint density at radius 3 is 2.13 bits per heavy atom. The second kappa shape index (κ2) is 13.3. The van der Waals surface area contributed by atoms with Crippen LogP contribution in [-0.2, 0) is 9.53 Å². The minimum atomic E-state index is -0.398. The second-order valence-electron chi connectivity index (χ2n) is 6.34. The van der Waals surface area contributed by atoms with Crippen LogP contribution in [0.25, 0.3) is 0 Å². The Kier molecular flexibility index (Phi) is 11.2. The third kappa shape index (κ3) is 8.23. The summed E-state index contributed by atoms with van der Waals surface area (Å²) in [5.74, 6) is -1.07. The summed E-state index contributed by atoms with van der Waals surface area (Å²) in [4.78, 5) is 38.2. The van der Waals surface area contributed by atoms with Crippen molar-refractivity contribution in [1.29, 1.82) is 0 Å². The number of benzene rings is 2. The Bertz CT molecular complexity index is 809. The van der Waals surface area contributed by atoms with Gasteiger partial charge >= 0.3 is 5.97 Å². The molecule has 162 valence electrons. The molecule has 30 heavy (non-hydrogen) atoms. The number of esters is 1. The van der Waals surface area contributed by atoms with E-state index in [1.807, 2.05) is 6.07 Å². The zero-order chi connectivity index (χ0) is 21.1. The highest BCUT2D eigenvalue weighted by atomic mass is 35.5. The highest BCUT2D eigenvalue weighted by Crippen LogP contribution is 2.10. The summed E-state index contributed by atoms with van der Waals surface area (Å²) < 4.78 is 5.27. The number of likely N-dealkylation sites (N-methyl/N-ethyl adjacent to an activating group) is 1. The molecule has 0 unspecified atom stereocenters. The van der Waals surface area contributed by atoms with E-state index in [0.29, 0.717) is 30.0 Å². The Labute approximate surface area is 183 Å². The van der Waals surface area contributed by atoms with Crippen LogP contribution in [0, 0.1) is 0 Å². The normalized spacial score (nSPS) is 10.1. The Morgan fingerprint density at radius 2 is 1.53 bits per heavy atom. The zero-order valence-electron chi connectivity index (χ0n) is 17.2. The van der Waals surface area contributed by atoms with Crippen molar-refractivity contribution >= 4 is 23.5 Å². The smallest absolute Gasteiger partial charge is 0.338 e. The third-order valence-electron chi connectivity index (χ3n) is 4.38. The summed E-state index contributed by atoms with van der Waals surface area (Å²) in [7, 11) is 0. The highest BCUT2D eigenvalue weighted by Gasteiger charge is 2.10. The van der Waals surface area contributed by atoms with Crippen LogP contribution in [0.2, 0.25) is 0 Å². The van der Waals surface area contributed by atoms with E-state index in [9.17, 15) is 14.4 Å². The van der Waals surface area contributed by atoms with Crippen LogP contribution in [0.4, 0.5) is 5.69 Å². The predicted octanol–water partition coefficient (Wildman–Crippen LogP) is -0.442. The maximum absolute atomic E-state index is 12.1. The van der Waals surface area contributed by atoms with Gasteiger partial charge in [-0.05, 0) is 49.5 Å². The number of nitrogens with zero attached hydrogens (tertiary/aromatic N) is 1. The first-order valence-corrected chi connectivity index (χ1v) is 9.66. The molecule has 0 saturated heterocycles. The standard InChI is InChI=1S/C22H27N3O4.ClH/c1-3-25(4-2)14-15-29-22(28)18-10-12-19(13-11-18)24-20(26)16-23-21(27)17-8-6-5-7-9-17;/h5-13H,3-4,14-16H2,1-2H3,(H,23,27)(H,24,26);1H/p-1. The molecule has 0 bridgehead atoms. The van der Waals surface area contributed by atoms with Gasteiger partial charge in [0, 0.05) is 17.8 Å². The molecule has 7 nitrogen and oxygen atoms in total. The molecular formula is C22H27ClN3O4-. The molecule has 0 aliphatic rings. The fraction of sp³-hybridized carbons (Fsp3) is 0.318. The minimum Gasteiger partial charge on any atom is -1.00 e. The highest BCUT2D eigenvalue weighted by molar-refractivity contribution is 5.99. The minimum absolute atomic E-state index is 0. The quantitative estimate of drug-likeness (QED) is 0.497. The number of halogens is 1. The number of hydrogen-bond donors (Lipinski definition) is 2. The van der Waals surface area contributed by atoms with Gasteiger partial charge in [-0.1, -0.05) is 32.0 Å². The number of carbonyl (C=O) groups is 3. The van der Waals surface area contributed by atoms with E-state index in [1.165, 1.54) is 0 Å². The van der Waals surface area contributed by atoms with Crippen LogP contribution >= 0.6 is 0 Å². The number of nitrogens with one attached hydrogen (secondary N) is 2. The van der Waals surface area contributed by atoms with Crippen LogP contribution < -0.4 is 23.0 Å². The molecule has 0 atom stereocenters. The first-order chi connectivity index (χ1) is 14.0. The predicted molar refractivity (Wildman–Crippen MR) is 112 cm³/mol. The molecule has 2 aromatic carbocycles. The maximum atomic E-state index is 12.1. The van der Waals surface area contributed by atoms with Gasteiger partial charge in [0.15, 0.2) is 0 Å². The van der Waals surface area contributed by atoms with Gasteiger partial charge in [0.05, 0.1) is 12.1 Å². The Morgan fingerprint density at radius 1 is 0.900 bits per heavy atom. The molecule has 0 radical (unpaired) electrons. The molecule has 0 spiro atoms. The van der Waals surface area contributed by atoms with Crippen molar-refractivity contribution in [2.45, 2.75) is 13.8 Å². The summed E-state index contributed by atoms with van der Waals surface area (Å²) in [6, 6.07) is 15.1. The molecule has 0 fully saturated rings. The molecule has 2 rings (SSSR count). The van der Waals surface area contributed by atoms with Crippen LogP contribution in [-0.4, -0.2) is 55.5 Å². The average Bonchev–Trinajstić information content (AvgIpc) is 2.76. The molecule has 0 aromatic heterocycles. The number of rotatable bonds is 10. The van der Waals surface area contributed by atoms with Gasteiger partial charge < -0.3 is 32.7 Å². The summed E-state index contributed by atoms with van der Waals surface area (Å²) in [6.45, 7) is 6.82. The molecule has 8 heteroatoms. The van der Waals surface area contributed by atoms with Gasteiger partial charge in [-0.3, -0.25) is 9.59 Å². The lowest BCUT2D eigenvalue weighted by Gasteiger charge is -2.17. The van der Waals surface area contributed by atoms with E-state index < -0.39 is 5.97 Å². The first-order valence-electron chi connectivity index (χ1n) is 9.66. The molecule has 0 aliphatic carbocycles. The van der Waals surface area contributed by atoms with Gasteiger partial charge in [0.2, 0.25) is 5.91 Å². The van der Waals surface area contributed by atoms with E-state index in [1.54, 1.807) is 48.5 Å². The summed E-state index contributed by atoms with van der Waals surface area (Å²) >= 11 is 0. The number of hydrogen-bond acceptors (Lipinski definition) is 5. The molecule has 0 aliphatic heterocycles. The van der Waals surface area contributed by atoms with Crippen LogP contribution in [0.5, 0.6) is 0 Å². The van der Waals surface area contributed by atoms with Crippen LogP contribution in [0.3, 0.4) is 0 Å². The van der Waals surface area contributed by atoms with Crippen molar-refractivity contribution in [2.24, 2.45) is 0 Å². The van der Waals surface area contributed by atoms with Crippen molar-refractivity contribution in [3.8, 4) is 0 Å². The third-order valence-corrected chi connectivity index (χ3v) is 4.38. The molecule has 2 N–H and O–H groups in total. The van der Waals surface area contributed by atoms with Crippen molar-refractivity contribution in [2.75, 3.05) is 38.1 Å². The average molecular weight is 433 g/mol. The number of anilines is 1. The van der Waals surface area contributed by atoms with Crippen molar-refractivity contribution < 1.29 is 31.5 Å². The molecule has 0 saturated carbocycles. The van der Waals surface area contributed by atoms with Gasteiger partial charge in [-0.25, -0.2) is 4.79 Å². The largest absolute Gasteiger partial charge is 1.00 e. The lowest BCUT2D eigenvalue weighted by atomic mass is 10.2. The monoisotopic (exact) mass is 432 g/mol. The van der Waals surface area contributed by atoms with E-state index in [4.69, 9.17) is 4.74 Å². The lowest BCUT2D eigenvalue weighted by molar-refractivity contribution is -0.115. The number of ether oxygens (including phenoxy) is 1. The molecular weight excluding hydrogens is 406 g/mol. The van der Waals surface area contributed by atoms with Crippen molar-refractivity contribution in [3.63, 3.8) is 0 Å². The fourth-order valence-electron chi connectivity index (χ4n) is 2.64. The molecule has 0 heterocycles. The van der Waals surface area contributed by atoms with Gasteiger partial charge in [-0.2, -0.15) is 0 Å². The molecule has 2 aromatic rings. The van der Waals surface area contributed by atoms with E-state index >= 15 is 0 Å². The molecule has 2 amide bonds. The van der Waals surface area contributed by atoms with E-state index in [-0.39, 0.29) is 30.8 Å². The zero-order valence-corrected chi connectivity index (χ0v) is 17.9. The summed E-state index contributed by atoms with van der Waals surface area (Å²) in [5, 5.41) is 5.24. The number of carbonyl (C=O) groups excluding carboxylic acids is 3. The van der Waals surface area contributed by atoms with Gasteiger partial charge in [0.1, 0.15) is 6.61 Å². The lowest BCUT2D eigenvalue weighted by Crippen LogP contribution is -3.00. The Hall–Kier alpha value is -2.90. The second-order valence-corrected chi connectivity index (χ2v) is 6.34. The van der Waals surface area contributed by atoms with Crippen molar-refractivity contribution in [3.05, 3.63) is 65.7 Å². The fourth-order valence-corrected chi connectivity index (χ4v) is 2.64.